The lowest BCUT2D eigenvalue weighted by Crippen LogP contribution is -2.21. The van der Waals surface area contributed by atoms with E-state index in [1.165, 1.54) is 10.8 Å². The maximum absolute atomic E-state index is 10.6. The molecule has 2 aromatic carbocycles. The topological polar surface area (TPSA) is 92.1 Å². The zero-order valence-electron chi connectivity index (χ0n) is 11.6. The molecule has 0 aliphatic carbocycles. The third kappa shape index (κ3) is 3.42. The van der Waals surface area contributed by atoms with E-state index in [1.807, 2.05) is 30.5 Å². The third-order valence-electron chi connectivity index (χ3n) is 3.10. The second kappa shape index (κ2) is 5.99. The van der Waals surface area contributed by atoms with Gasteiger partial charge in [0, 0.05) is 11.6 Å². The Morgan fingerprint density at radius 3 is 2.26 bits per heavy atom. The Kier molecular flexibility index (Phi) is 4.26. The summed E-state index contributed by atoms with van der Waals surface area (Å²) in [5, 5.41) is 18.1. The van der Waals surface area contributed by atoms with Crippen LogP contribution in [0.5, 0.6) is 0 Å². The van der Waals surface area contributed by atoms with Crippen molar-refractivity contribution < 1.29 is 23.1 Å². The number of aliphatic carboxylic acids is 1. The molecule has 1 heterocycles. The summed E-state index contributed by atoms with van der Waals surface area (Å²) in [6.07, 6.45) is -3.25. The summed E-state index contributed by atoms with van der Waals surface area (Å²) in [6.45, 7) is 0. The first-order valence-corrected chi connectivity index (χ1v) is 6.35. The molecule has 0 saturated carbocycles. The van der Waals surface area contributed by atoms with Gasteiger partial charge in [0.1, 0.15) is 0 Å². The monoisotopic (exact) mass is 323 g/mol. The van der Waals surface area contributed by atoms with Crippen LogP contribution >= 0.6 is 0 Å². The summed E-state index contributed by atoms with van der Waals surface area (Å²) in [5.41, 5.74) is 6.49. The van der Waals surface area contributed by atoms with E-state index in [0.717, 1.165) is 10.9 Å². The van der Waals surface area contributed by atoms with Gasteiger partial charge in [-0.05, 0) is 22.9 Å². The Hall–Kier alpha value is -3.03. The molecule has 0 aliphatic heterocycles. The molecule has 120 valence electrons. The molecule has 0 aliphatic rings. The van der Waals surface area contributed by atoms with Crippen molar-refractivity contribution in [2.45, 2.75) is 6.18 Å². The fourth-order valence-electron chi connectivity index (χ4n) is 2.11. The minimum atomic E-state index is -5.08. The Labute approximate surface area is 128 Å². The number of carboxylic acids is 1. The molecule has 23 heavy (non-hydrogen) atoms. The molecule has 0 atom stereocenters. The van der Waals surface area contributed by atoms with Crippen molar-refractivity contribution in [1.82, 2.24) is 4.57 Å². The van der Waals surface area contributed by atoms with Gasteiger partial charge in [-0.25, -0.2) is 4.79 Å². The number of nitrogens with two attached hydrogens (primary N) is 1. The van der Waals surface area contributed by atoms with Gasteiger partial charge in [-0.3, -0.25) is 9.98 Å². The first-order valence-electron chi connectivity index (χ1n) is 6.35. The molecular formula is C15H12F3N3O2. The maximum Gasteiger partial charge on any atom is 0.490 e. The Morgan fingerprint density at radius 2 is 1.70 bits per heavy atom. The smallest absolute Gasteiger partial charge is 0.475 e. The standard InChI is InChI=1S/C13H11N3.C2HF3O2/c14-13(15)16-8-7-11-10-4-2-1-3-9(10)5-6-12(11)16;3-2(4,5)1(6)7/h1-8H,(H3,14,15);(H,6,7). The Bertz CT molecular complexity index is 884. The number of aromatic nitrogens is 1. The van der Waals surface area contributed by atoms with E-state index < -0.39 is 12.1 Å². The van der Waals surface area contributed by atoms with E-state index in [0.29, 0.717) is 0 Å². The van der Waals surface area contributed by atoms with Gasteiger partial charge in [-0.2, -0.15) is 13.2 Å². The number of rotatable bonds is 0. The molecule has 0 saturated heterocycles. The predicted octanol–water partition coefficient (Wildman–Crippen LogP) is 3.17. The summed E-state index contributed by atoms with van der Waals surface area (Å²) in [7, 11) is 0. The molecule has 0 fully saturated rings. The molecule has 3 aromatic rings. The van der Waals surface area contributed by atoms with Crippen LogP contribution in [-0.2, 0) is 4.79 Å². The van der Waals surface area contributed by atoms with E-state index in [2.05, 4.69) is 18.2 Å². The molecule has 8 heteroatoms. The van der Waals surface area contributed by atoms with Crippen LogP contribution in [0.15, 0.2) is 48.7 Å². The first kappa shape index (κ1) is 16.3. The number of carboxylic acid groups (broad SMARTS) is 1. The minimum absolute atomic E-state index is 0.0466. The summed E-state index contributed by atoms with van der Waals surface area (Å²) >= 11 is 0. The largest absolute Gasteiger partial charge is 0.490 e. The van der Waals surface area contributed by atoms with Gasteiger partial charge in [0.25, 0.3) is 0 Å². The number of hydrogen-bond acceptors (Lipinski definition) is 2. The van der Waals surface area contributed by atoms with Gasteiger partial charge in [0.2, 0.25) is 0 Å². The van der Waals surface area contributed by atoms with Gasteiger partial charge < -0.3 is 10.8 Å². The highest BCUT2D eigenvalue weighted by molar-refractivity contribution is 6.08. The van der Waals surface area contributed by atoms with E-state index in [9.17, 15) is 13.2 Å². The second-order valence-corrected chi connectivity index (χ2v) is 4.59. The Balaban J connectivity index is 0.000000236. The number of nitrogens with one attached hydrogen (secondary N) is 1. The summed E-state index contributed by atoms with van der Waals surface area (Å²) in [4.78, 5) is 8.90. The van der Waals surface area contributed by atoms with Gasteiger partial charge in [0.05, 0.1) is 5.52 Å². The highest BCUT2D eigenvalue weighted by atomic mass is 19.4. The summed E-state index contributed by atoms with van der Waals surface area (Å²) in [6, 6.07) is 14.3. The molecule has 0 radical (unpaired) electrons. The van der Waals surface area contributed by atoms with E-state index in [1.54, 1.807) is 4.57 Å². The van der Waals surface area contributed by atoms with Gasteiger partial charge in [-0.1, -0.05) is 30.3 Å². The average molecular weight is 323 g/mol. The van der Waals surface area contributed by atoms with Crippen molar-refractivity contribution in [3.8, 4) is 0 Å². The molecule has 5 nitrogen and oxygen atoms in total. The lowest BCUT2D eigenvalue weighted by molar-refractivity contribution is -0.192. The van der Waals surface area contributed by atoms with Crippen LogP contribution in [0.2, 0.25) is 0 Å². The number of nitrogens with zero attached hydrogens (tertiary/aromatic N) is 1. The lowest BCUT2D eigenvalue weighted by atomic mass is 10.1. The van der Waals surface area contributed by atoms with E-state index in [4.69, 9.17) is 21.0 Å². The zero-order chi connectivity index (χ0) is 17.2. The van der Waals surface area contributed by atoms with Crippen molar-refractivity contribution >= 4 is 33.6 Å². The lowest BCUT2D eigenvalue weighted by Gasteiger charge is -2.03. The maximum atomic E-state index is 10.6. The number of nitrogen functional groups attached to an aromatic ring is 1. The SMILES string of the molecule is N=C(N)n1ccc2c3ccccc3ccc21.O=C(O)C(F)(F)F. The Morgan fingerprint density at radius 1 is 1.09 bits per heavy atom. The highest BCUT2D eigenvalue weighted by Gasteiger charge is 2.38. The highest BCUT2D eigenvalue weighted by Crippen LogP contribution is 2.25. The molecule has 0 unspecified atom stereocenters. The number of halogens is 3. The van der Waals surface area contributed by atoms with Crippen molar-refractivity contribution in [2.24, 2.45) is 5.73 Å². The number of carbonyl (C=O) groups is 1. The van der Waals surface area contributed by atoms with Crippen molar-refractivity contribution in [2.75, 3.05) is 0 Å². The summed E-state index contributed by atoms with van der Waals surface area (Å²) in [5.74, 6) is -2.71. The third-order valence-corrected chi connectivity index (χ3v) is 3.10. The second-order valence-electron chi connectivity index (χ2n) is 4.59. The average Bonchev–Trinajstić information content (AvgIpc) is 2.91. The zero-order valence-corrected chi connectivity index (χ0v) is 11.6. The van der Waals surface area contributed by atoms with Crippen LogP contribution in [-0.4, -0.2) is 27.8 Å². The van der Waals surface area contributed by atoms with Crippen molar-refractivity contribution in [3.63, 3.8) is 0 Å². The number of fused-ring (bicyclic) bond motifs is 3. The molecule has 0 spiro atoms. The van der Waals surface area contributed by atoms with Crippen molar-refractivity contribution in [1.29, 1.82) is 5.41 Å². The molecular weight excluding hydrogens is 311 g/mol. The summed E-state index contributed by atoms with van der Waals surface area (Å²) < 4.78 is 33.4. The van der Waals surface area contributed by atoms with Crippen LogP contribution < -0.4 is 5.73 Å². The molecule has 1 aromatic heterocycles. The van der Waals surface area contributed by atoms with Crippen LogP contribution in [0.25, 0.3) is 21.7 Å². The van der Waals surface area contributed by atoms with Crippen molar-refractivity contribution in [3.05, 3.63) is 48.7 Å². The van der Waals surface area contributed by atoms with Crippen LogP contribution in [0.1, 0.15) is 0 Å². The molecule has 0 amide bonds. The quantitative estimate of drug-likeness (QED) is 0.438. The predicted molar refractivity (Wildman–Crippen MR) is 80.4 cm³/mol. The van der Waals surface area contributed by atoms with E-state index in [-0.39, 0.29) is 5.96 Å². The number of benzene rings is 2. The van der Waals surface area contributed by atoms with Gasteiger partial charge in [0.15, 0.2) is 5.96 Å². The fraction of sp³-hybridized carbons (Fsp3) is 0.0667. The number of hydrogen-bond donors (Lipinski definition) is 3. The first-order chi connectivity index (χ1) is 10.7. The van der Waals surface area contributed by atoms with Crippen LogP contribution in [0, 0.1) is 5.41 Å². The molecule has 4 N–H and O–H groups in total. The fourth-order valence-corrected chi connectivity index (χ4v) is 2.11. The van der Waals surface area contributed by atoms with E-state index >= 15 is 0 Å². The molecule has 3 rings (SSSR count). The normalized spacial score (nSPS) is 11.1. The van der Waals surface area contributed by atoms with Gasteiger partial charge >= 0.3 is 12.1 Å². The molecule has 0 bridgehead atoms. The van der Waals surface area contributed by atoms with Gasteiger partial charge in [-0.15, -0.1) is 0 Å². The minimum Gasteiger partial charge on any atom is -0.475 e. The van der Waals surface area contributed by atoms with Crippen LogP contribution in [0.4, 0.5) is 13.2 Å². The number of alkyl halides is 3. The van der Waals surface area contributed by atoms with Crippen LogP contribution in [0.3, 0.4) is 0 Å².